The first kappa shape index (κ1) is 6.15. The molecule has 4 heteroatoms. The van der Waals surface area contributed by atoms with Gasteiger partial charge in [0.15, 0.2) is 11.6 Å². The number of hydrogen-bond acceptors (Lipinski definition) is 4. The number of rotatable bonds is 1. The van der Waals surface area contributed by atoms with E-state index in [1.54, 1.807) is 18.4 Å². The summed E-state index contributed by atoms with van der Waals surface area (Å²) in [6.07, 6.45) is 1.54. The number of aromatic nitrogens is 2. The molecule has 1 radical (unpaired) electrons. The Hall–Kier alpha value is -1.58. The first-order valence-electron chi connectivity index (χ1n) is 3.06. The highest BCUT2D eigenvalue weighted by Crippen LogP contribution is 2.16. The van der Waals surface area contributed by atoms with Gasteiger partial charge < -0.3 is 8.94 Å². The summed E-state index contributed by atoms with van der Waals surface area (Å²) >= 11 is 0. The molecule has 0 saturated carbocycles. The first-order valence-corrected chi connectivity index (χ1v) is 3.06. The molecule has 2 aromatic rings. The van der Waals surface area contributed by atoms with Gasteiger partial charge in [-0.25, -0.2) is 0 Å². The standard InChI is InChI=1S/C7H5N2O2/c1-5-8-7(11-9-5)6-3-2-4-10-6/h2-4H,1H2. The topological polar surface area (TPSA) is 52.1 Å². The molecule has 0 unspecified atom stereocenters. The SMILES string of the molecule is [CH2]c1noc(-c2ccco2)n1. The van der Waals surface area contributed by atoms with Crippen LogP contribution in [0, 0.1) is 6.92 Å². The molecule has 11 heavy (non-hydrogen) atoms. The Morgan fingerprint density at radius 2 is 2.36 bits per heavy atom. The van der Waals surface area contributed by atoms with Crippen molar-refractivity contribution in [1.29, 1.82) is 0 Å². The summed E-state index contributed by atoms with van der Waals surface area (Å²) in [7, 11) is 0. The van der Waals surface area contributed by atoms with Crippen molar-refractivity contribution in [2.75, 3.05) is 0 Å². The van der Waals surface area contributed by atoms with Gasteiger partial charge >= 0.3 is 0 Å². The fraction of sp³-hybridized carbons (Fsp3) is 0. The third-order valence-corrected chi connectivity index (χ3v) is 1.20. The van der Waals surface area contributed by atoms with Gasteiger partial charge in [-0.15, -0.1) is 0 Å². The van der Waals surface area contributed by atoms with E-state index in [0.717, 1.165) is 0 Å². The molecule has 2 heterocycles. The first-order chi connectivity index (χ1) is 5.36. The monoisotopic (exact) mass is 149 g/mol. The summed E-state index contributed by atoms with van der Waals surface area (Å²) in [4.78, 5) is 3.87. The highest BCUT2D eigenvalue weighted by Gasteiger charge is 2.07. The third-order valence-electron chi connectivity index (χ3n) is 1.20. The smallest absolute Gasteiger partial charge is 0.293 e. The van der Waals surface area contributed by atoms with Gasteiger partial charge in [-0.3, -0.25) is 0 Å². The Balaban J connectivity index is 2.45. The summed E-state index contributed by atoms with van der Waals surface area (Å²) in [5, 5.41) is 3.52. The normalized spacial score (nSPS) is 10.3. The molecule has 4 nitrogen and oxygen atoms in total. The van der Waals surface area contributed by atoms with E-state index >= 15 is 0 Å². The van der Waals surface area contributed by atoms with E-state index in [1.165, 1.54) is 0 Å². The Kier molecular flexibility index (Phi) is 1.25. The van der Waals surface area contributed by atoms with Crippen molar-refractivity contribution in [2.45, 2.75) is 0 Å². The maximum Gasteiger partial charge on any atom is 0.293 e. The molecule has 0 aromatic carbocycles. The van der Waals surface area contributed by atoms with Gasteiger partial charge in [-0.1, -0.05) is 5.16 Å². The summed E-state index contributed by atoms with van der Waals surface area (Å²) in [6.45, 7) is 3.49. The molecule has 2 rings (SSSR count). The molecular formula is C7H5N2O2. The van der Waals surface area contributed by atoms with Crippen LogP contribution in [0.15, 0.2) is 27.3 Å². The van der Waals surface area contributed by atoms with Gasteiger partial charge in [-0.05, 0) is 12.1 Å². The van der Waals surface area contributed by atoms with Gasteiger partial charge in [0.2, 0.25) is 0 Å². The Labute approximate surface area is 62.8 Å². The molecular weight excluding hydrogens is 144 g/mol. The average Bonchev–Trinajstić information content (AvgIpc) is 2.55. The lowest BCUT2D eigenvalue weighted by atomic mass is 10.4. The molecule has 55 valence electrons. The Morgan fingerprint density at radius 3 is 2.91 bits per heavy atom. The van der Waals surface area contributed by atoms with Crippen molar-refractivity contribution in [3.63, 3.8) is 0 Å². The molecule has 0 bridgehead atoms. The maximum atomic E-state index is 5.01. The number of hydrogen-bond donors (Lipinski definition) is 0. The van der Waals surface area contributed by atoms with Crippen molar-refractivity contribution in [2.24, 2.45) is 0 Å². The molecule has 0 fully saturated rings. The largest absolute Gasteiger partial charge is 0.459 e. The highest BCUT2D eigenvalue weighted by molar-refractivity contribution is 5.42. The zero-order valence-electron chi connectivity index (χ0n) is 5.65. The van der Waals surface area contributed by atoms with Crippen LogP contribution in [0.2, 0.25) is 0 Å². The molecule has 0 aliphatic carbocycles. The molecule has 0 atom stereocenters. The zero-order valence-corrected chi connectivity index (χ0v) is 5.65. The van der Waals surface area contributed by atoms with Crippen LogP contribution in [0.1, 0.15) is 5.82 Å². The van der Waals surface area contributed by atoms with Gasteiger partial charge in [0, 0.05) is 6.92 Å². The van der Waals surface area contributed by atoms with Crippen LogP contribution < -0.4 is 0 Å². The van der Waals surface area contributed by atoms with Crippen LogP contribution in [0.5, 0.6) is 0 Å². The van der Waals surface area contributed by atoms with Crippen molar-refractivity contribution in [3.8, 4) is 11.7 Å². The van der Waals surface area contributed by atoms with Crippen molar-refractivity contribution >= 4 is 0 Å². The van der Waals surface area contributed by atoms with Crippen LogP contribution in [-0.4, -0.2) is 10.1 Å². The fourth-order valence-electron chi connectivity index (χ4n) is 0.754. The third kappa shape index (κ3) is 1.02. The van der Waals surface area contributed by atoms with Crippen molar-refractivity contribution < 1.29 is 8.94 Å². The summed E-state index contributed by atoms with van der Waals surface area (Å²) < 4.78 is 9.80. The molecule has 0 aliphatic rings. The van der Waals surface area contributed by atoms with Crippen LogP contribution in [0.4, 0.5) is 0 Å². The second-order valence-electron chi connectivity index (χ2n) is 1.99. The molecule has 0 N–H and O–H groups in total. The maximum absolute atomic E-state index is 5.01. The lowest BCUT2D eigenvalue weighted by Crippen LogP contribution is -1.72. The van der Waals surface area contributed by atoms with Crippen LogP contribution in [-0.2, 0) is 0 Å². The predicted molar refractivity (Wildman–Crippen MR) is 36.5 cm³/mol. The van der Waals surface area contributed by atoms with Gasteiger partial charge in [0.1, 0.15) is 0 Å². The van der Waals surface area contributed by atoms with E-state index < -0.39 is 0 Å². The zero-order chi connectivity index (χ0) is 7.68. The lowest BCUT2D eigenvalue weighted by molar-refractivity contribution is 0.413. The molecule has 0 spiro atoms. The van der Waals surface area contributed by atoms with Gasteiger partial charge in [0.25, 0.3) is 5.89 Å². The van der Waals surface area contributed by atoms with Crippen LogP contribution in [0.3, 0.4) is 0 Å². The predicted octanol–water partition coefficient (Wildman–Crippen LogP) is 1.51. The minimum absolute atomic E-state index is 0.358. The van der Waals surface area contributed by atoms with E-state index in [2.05, 4.69) is 17.1 Å². The number of furan rings is 1. The van der Waals surface area contributed by atoms with E-state index in [9.17, 15) is 0 Å². The Morgan fingerprint density at radius 1 is 1.45 bits per heavy atom. The second kappa shape index (κ2) is 2.23. The fourth-order valence-corrected chi connectivity index (χ4v) is 0.754. The van der Waals surface area contributed by atoms with Crippen LogP contribution in [0.25, 0.3) is 11.7 Å². The van der Waals surface area contributed by atoms with E-state index in [1.807, 2.05) is 0 Å². The second-order valence-corrected chi connectivity index (χ2v) is 1.99. The minimum atomic E-state index is 0.358. The Bertz CT molecular complexity index is 337. The average molecular weight is 149 g/mol. The van der Waals surface area contributed by atoms with Gasteiger partial charge in [-0.2, -0.15) is 4.98 Å². The van der Waals surface area contributed by atoms with Gasteiger partial charge in [0.05, 0.1) is 6.26 Å². The lowest BCUT2D eigenvalue weighted by Gasteiger charge is -1.81. The van der Waals surface area contributed by atoms with Crippen molar-refractivity contribution in [1.82, 2.24) is 10.1 Å². The molecule has 0 aliphatic heterocycles. The highest BCUT2D eigenvalue weighted by atomic mass is 16.5. The summed E-state index contributed by atoms with van der Waals surface area (Å²) in [6, 6.07) is 3.50. The quantitative estimate of drug-likeness (QED) is 0.616. The van der Waals surface area contributed by atoms with E-state index in [4.69, 9.17) is 8.94 Å². The minimum Gasteiger partial charge on any atom is -0.459 e. The summed E-state index contributed by atoms with van der Waals surface area (Å²) in [5.41, 5.74) is 0. The van der Waals surface area contributed by atoms with Crippen molar-refractivity contribution in [3.05, 3.63) is 31.1 Å². The van der Waals surface area contributed by atoms with Crippen LogP contribution >= 0.6 is 0 Å². The molecule has 0 saturated heterocycles. The van der Waals surface area contributed by atoms with E-state index in [0.29, 0.717) is 17.5 Å². The summed E-state index contributed by atoms with van der Waals surface area (Å²) in [5.74, 6) is 1.28. The van der Waals surface area contributed by atoms with E-state index in [-0.39, 0.29) is 0 Å². The molecule has 0 amide bonds. The number of nitrogens with zero attached hydrogens (tertiary/aromatic N) is 2. The molecule has 2 aromatic heterocycles.